The van der Waals surface area contributed by atoms with E-state index < -0.39 is 0 Å². The van der Waals surface area contributed by atoms with Crippen LogP contribution in [0.15, 0.2) is 259 Å². The Morgan fingerprint density at radius 2 is 0.888 bits per heavy atom. The van der Waals surface area contributed by atoms with Crippen LogP contribution in [0.2, 0.25) is 0 Å². The average Bonchev–Trinajstić information content (AvgIpc) is 1.14. The molecule has 0 N–H and O–H groups in total. The van der Waals surface area contributed by atoms with Gasteiger partial charge in [0.05, 0.1) is 5.69 Å². The van der Waals surface area contributed by atoms with Crippen molar-refractivity contribution in [1.82, 2.24) is 0 Å². The van der Waals surface area contributed by atoms with Gasteiger partial charge in [0.25, 0.3) is 6.71 Å². The number of furan rings is 1. The molecule has 0 fully saturated rings. The number of fused-ring (bicyclic) bond motifs is 7. The molecule has 3 heterocycles. The Hall–Kier alpha value is -10.1. The largest absolute Gasteiger partial charge is 0.455 e. The lowest BCUT2D eigenvalue weighted by Gasteiger charge is -2.45. The normalized spacial score (nSPS) is 12.8. The average molecular weight is 1150 g/mol. The van der Waals surface area contributed by atoms with Gasteiger partial charge in [0.1, 0.15) is 11.2 Å². The first-order valence-electron chi connectivity index (χ1n) is 31.4. The lowest BCUT2D eigenvalue weighted by molar-refractivity contribution is 0.590. The molecule has 0 unspecified atom stereocenters. The zero-order valence-corrected chi connectivity index (χ0v) is 52.6. The topological polar surface area (TPSA) is 22.9 Å². The summed E-state index contributed by atoms with van der Waals surface area (Å²) in [6.07, 6.45) is 0. The van der Waals surface area contributed by atoms with Gasteiger partial charge in [-0.3, -0.25) is 0 Å². The highest BCUT2D eigenvalue weighted by molar-refractivity contribution is 7.00. The number of hydrogen-bond acceptors (Lipinski definition) is 4. The minimum Gasteiger partial charge on any atom is -0.455 e. The molecule has 432 valence electrons. The monoisotopic (exact) mass is 1150 g/mol. The molecule has 0 aliphatic carbocycles. The Labute approximate surface area is 525 Å². The molecule has 2 aliphatic rings. The first kappa shape index (κ1) is 55.5. The maximum Gasteiger partial charge on any atom is 0.252 e. The minimum absolute atomic E-state index is 0.0182. The number of hydrogen-bond donors (Lipinski definition) is 0. The molecule has 1 aromatic heterocycles. The number of aryl methyl sites for hydroxylation is 4. The lowest BCUT2D eigenvalue weighted by atomic mass is 9.33. The van der Waals surface area contributed by atoms with E-state index in [0.717, 1.165) is 72.8 Å². The molecule has 0 spiro atoms. The van der Waals surface area contributed by atoms with E-state index in [2.05, 4.69) is 339 Å². The summed E-state index contributed by atoms with van der Waals surface area (Å²) in [7, 11) is 0. The molecule has 4 nitrogen and oxygen atoms in total. The number of anilines is 9. The maximum absolute atomic E-state index is 6.78. The highest BCUT2D eigenvalue weighted by Gasteiger charge is 2.45. The Morgan fingerprint density at radius 1 is 0.360 bits per heavy atom. The second-order valence-corrected chi connectivity index (χ2v) is 26.7. The predicted molar refractivity (Wildman–Crippen MR) is 381 cm³/mol. The van der Waals surface area contributed by atoms with Crippen molar-refractivity contribution in [1.29, 1.82) is 0 Å². The molecule has 13 aromatic rings. The first-order chi connectivity index (χ1) is 43.1. The maximum atomic E-state index is 6.78. The van der Waals surface area contributed by atoms with Crippen LogP contribution in [0.4, 0.5) is 51.2 Å². The summed E-state index contributed by atoms with van der Waals surface area (Å²) in [6.45, 7) is 23.0. The number of rotatable bonds is 9. The fourth-order valence-corrected chi connectivity index (χ4v) is 14.6. The summed E-state index contributed by atoms with van der Waals surface area (Å²) in [5.41, 5.74) is 32.5. The summed E-state index contributed by atoms with van der Waals surface area (Å²) in [4.78, 5) is 7.71. The van der Waals surface area contributed by atoms with E-state index in [1.807, 2.05) is 0 Å². The molecule has 0 saturated carbocycles. The van der Waals surface area contributed by atoms with Gasteiger partial charge in [0.15, 0.2) is 0 Å². The molecule has 2 aliphatic heterocycles. The zero-order valence-electron chi connectivity index (χ0n) is 52.6. The van der Waals surface area contributed by atoms with E-state index in [1.54, 1.807) is 0 Å². The summed E-state index contributed by atoms with van der Waals surface area (Å²) in [5, 5.41) is 2.26. The number of para-hydroxylation sites is 3. The lowest BCUT2D eigenvalue weighted by Crippen LogP contribution is -2.61. The van der Waals surface area contributed by atoms with Crippen molar-refractivity contribution >= 4 is 96.2 Å². The third-order valence-corrected chi connectivity index (χ3v) is 18.8. The van der Waals surface area contributed by atoms with Gasteiger partial charge >= 0.3 is 0 Å². The molecule has 0 bridgehead atoms. The molecule has 0 amide bonds. The van der Waals surface area contributed by atoms with Gasteiger partial charge in [-0.25, -0.2) is 0 Å². The van der Waals surface area contributed by atoms with Crippen LogP contribution < -0.4 is 31.1 Å². The van der Waals surface area contributed by atoms with Crippen LogP contribution in [-0.2, 0) is 10.8 Å². The molecule has 89 heavy (non-hydrogen) atoms. The predicted octanol–water partition coefficient (Wildman–Crippen LogP) is 21.6. The summed E-state index contributed by atoms with van der Waals surface area (Å²) in [6, 6.07) is 95.2. The van der Waals surface area contributed by atoms with Crippen molar-refractivity contribution in [2.75, 3.05) is 14.7 Å². The standard InChI is InChI=1S/C84H72BN3O/c1-53-45-65(46-54(2)79(53)59-29-18-13-19-30-59)87-74-44-37-60(57-25-14-11-15-26-57)49-72(74)85-71-43-42-64(86(63-40-38-61(39-41-63)83(5,6)7)73-35-22-20-31-67(73)58-27-16-12-17-28-58)52-75(71)88(77-51-62(84(8,9)10)50-76(87)81(77)85)66-47-55(3)80(56(4)48-66)70-34-24-33-69-68-32-21-23-36-78(68)89-82(69)70/h11-52H,1-10H3. The van der Waals surface area contributed by atoms with E-state index in [-0.39, 0.29) is 17.5 Å². The van der Waals surface area contributed by atoms with Gasteiger partial charge in [0, 0.05) is 67.4 Å². The van der Waals surface area contributed by atoms with Crippen LogP contribution in [0.3, 0.4) is 0 Å². The van der Waals surface area contributed by atoms with Crippen molar-refractivity contribution in [3.8, 4) is 44.5 Å². The quantitative estimate of drug-likeness (QED) is 0.134. The molecular weight excluding hydrogens is 1080 g/mol. The van der Waals surface area contributed by atoms with Gasteiger partial charge in [-0.1, -0.05) is 217 Å². The summed E-state index contributed by atoms with van der Waals surface area (Å²) >= 11 is 0. The van der Waals surface area contributed by atoms with Crippen LogP contribution in [0.25, 0.3) is 66.4 Å². The third kappa shape index (κ3) is 9.45. The van der Waals surface area contributed by atoms with E-state index in [1.165, 1.54) is 94.6 Å². The van der Waals surface area contributed by atoms with Gasteiger partial charge in [0.2, 0.25) is 0 Å². The second-order valence-electron chi connectivity index (χ2n) is 26.7. The fraction of sp³-hybridized carbons (Fsp3) is 0.143. The molecule has 0 atom stereocenters. The van der Waals surface area contributed by atoms with Crippen molar-refractivity contribution < 1.29 is 4.42 Å². The van der Waals surface area contributed by atoms with Crippen LogP contribution in [0.5, 0.6) is 0 Å². The van der Waals surface area contributed by atoms with Crippen molar-refractivity contribution in [2.45, 2.75) is 80.1 Å². The van der Waals surface area contributed by atoms with Crippen LogP contribution in [-0.4, -0.2) is 6.71 Å². The Kier molecular flexibility index (Phi) is 13.3. The van der Waals surface area contributed by atoms with Gasteiger partial charge in [-0.15, -0.1) is 0 Å². The summed E-state index contributed by atoms with van der Waals surface area (Å²) in [5.74, 6) is 0. The molecule has 5 heteroatoms. The smallest absolute Gasteiger partial charge is 0.252 e. The summed E-state index contributed by atoms with van der Waals surface area (Å²) < 4.78 is 6.78. The first-order valence-corrected chi connectivity index (χ1v) is 31.4. The molecular formula is C84H72BN3O. The van der Waals surface area contributed by atoms with Crippen molar-refractivity contribution in [2.24, 2.45) is 0 Å². The van der Waals surface area contributed by atoms with E-state index in [0.29, 0.717) is 0 Å². The highest BCUT2D eigenvalue weighted by atomic mass is 16.3. The fourth-order valence-electron chi connectivity index (χ4n) is 14.6. The van der Waals surface area contributed by atoms with Crippen molar-refractivity contribution in [3.05, 3.63) is 288 Å². The molecule has 15 rings (SSSR count). The van der Waals surface area contributed by atoms with Crippen molar-refractivity contribution in [3.63, 3.8) is 0 Å². The van der Waals surface area contributed by atoms with E-state index in [4.69, 9.17) is 4.42 Å². The van der Waals surface area contributed by atoms with E-state index >= 15 is 0 Å². The Balaban J connectivity index is 1.03. The molecule has 12 aromatic carbocycles. The van der Waals surface area contributed by atoms with Crippen LogP contribution in [0, 0.1) is 27.7 Å². The number of benzene rings is 12. The van der Waals surface area contributed by atoms with Gasteiger partial charge in [-0.2, -0.15) is 0 Å². The Morgan fingerprint density at radius 3 is 1.53 bits per heavy atom. The highest BCUT2D eigenvalue weighted by Crippen LogP contribution is 2.51. The SMILES string of the molecule is Cc1cc(N2c3ccc(-c4ccccc4)cc3B3c4ccc(N(c5ccc(C(C)(C)C)cc5)c5ccccc5-c5ccccc5)cc4N(c4cc(C)c(-c5cccc6c5oc5ccccc56)c(C)c4)c4cc(C(C)(C)C)cc2c43)cc(C)c1-c1ccccc1. The Bertz CT molecular complexity index is 4870. The number of nitrogens with zero attached hydrogens (tertiary/aromatic N) is 3. The van der Waals surface area contributed by atoms with E-state index in [9.17, 15) is 0 Å². The zero-order chi connectivity index (χ0) is 61.0. The van der Waals surface area contributed by atoms with Gasteiger partial charge in [-0.05, 0) is 201 Å². The minimum atomic E-state index is -0.223. The van der Waals surface area contributed by atoms with Crippen LogP contribution >= 0.6 is 0 Å². The van der Waals surface area contributed by atoms with Crippen LogP contribution in [0.1, 0.15) is 74.9 Å². The molecule has 0 saturated heterocycles. The molecule has 0 radical (unpaired) electrons. The second kappa shape index (κ2) is 21.4. The van der Waals surface area contributed by atoms with Gasteiger partial charge < -0.3 is 19.1 Å². The third-order valence-electron chi connectivity index (χ3n) is 18.8.